The monoisotopic (exact) mass is 412 g/mol. The number of alkyl halides is 6. The van der Waals surface area contributed by atoms with Crippen LogP contribution in [0.4, 0.5) is 26.3 Å². The van der Waals surface area contributed by atoms with Gasteiger partial charge in [0.25, 0.3) is 5.56 Å². The summed E-state index contributed by atoms with van der Waals surface area (Å²) in [5, 5.41) is 0.143. The number of fused-ring (bicyclic) bond motifs is 3. The first-order valence-corrected chi connectivity index (χ1v) is 8.09. The molecule has 0 aliphatic carbocycles. The number of nitrogens with zero attached hydrogens (tertiary/aromatic N) is 4. The van der Waals surface area contributed by atoms with E-state index in [4.69, 9.17) is 0 Å². The van der Waals surface area contributed by atoms with Crippen molar-refractivity contribution in [1.29, 1.82) is 0 Å². The van der Waals surface area contributed by atoms with Crippen LogP contribution in [0.3, 0.4) is 0 Å². The van der Waals surface area contributed by atoms with Crippen LogP contribution in [0.25, 0.3) is 27.6 Å². The Labute approximate surface area is 157 Å². The molecular weight excluding hydrogens is 402 g/mol. The summed E-state index contributed by atoms with van der Waals surface area (Å²) in [5.74, 6) is 0. The lowest BCUT2D eigenvalue weighted by Gasteiger charge is -2.17. The Hall–Kier alpha value is -3.37. The molecule has 5 nitrogen and oxygen atoms in total. The average molecular weight is 412 g/mol. The van der Waals surface area contributed by atoms with Crippen molar-refractivity contribution in [1.82, 2.24) is 19.1 Å². The number of halogens is 6. The van der Waals surface area contributed by atoms with E-state index >= 15 is 0 Å². The van der Waals surface area contributed by atoms with Gasteiger partial charge in [-0.1, -0.05) is 6.07 Å². The SMILES string of the molecule is Cn1cnc2c(=O)n(-c3cccnc3C(F)(F)F)c3cc(C(F)(F)F)ccc3c21. The molecule has 4 aromatic rings. The normalized spacial score (nSPS) is 12.8. The number of rotatable bonds is 1. The molecule has 11 heteroatoms. The van der Waals surface area contributed by atoms with Crippen LogP contribution < -0.4 is 5.56 Å². The molecule has 4 rings (SSSR count). The summed E-state index contributed by atoms with van der Waals surface area (Å²) in [6.45, 7) is 0. The van der Waals surface area contributed by atoms with E-state index < -0.39 is 34.9 Å². The standard InChI is InChI=1S/C18H10F6N4O/c1-27-8-26-13-14(27)10-5-4-9(17(19,20)21)7-12(10)28(16(13)29)11-3-2-6-25-15(11)18(22,23)24/h2-8H,1H3. The zero-order valence-corrected chi connectivity index (χ0v) is 14.5. The predicted molar refractivity (Wildman–Crippen MR) is 91.6 cm³/mol. The zero-order valence-electron chi connectivity index (χ0n) is 14.5. The topological polar surface area (TPSA) is 52.7 Å². The van der Waals surface area contributed by atoms with Crippen molar-refractivity contribution < 1.29 is 26.3 Å². The van der Waals surface area contributed by atoms with Gasteiger partial charge in [0.1, 0.15) is 0 Å². The molecule has 0 aliphatic heterocycles. The third kappa shape index (κ3) is 2.93. The van der Waals surface area contributed by atoms with Gasteiger partial charge in [0.15, 0.2) is 11.2 Å². The van der Waals surface area contributed by atoms with Gasteiger partial charge < -0.3 is 4.57 Å². The van der Waals surface area contributed by atoms with Gasteiger partial charge in [0, 0.05) is 18.6 Å². The molecule has 0 amide bonds. The van der Waals surface area contributed by atoms with Crippen molar-refractivity contribution in [3.05, 3.63) is 64.5 Å². The number of hydrogen-bond donors (Lipinski definition) is 0. The van der Waals surface area contributed by atoms with Crippen molar-refractivity contribution >= 4 is 21.9 Å². The lowest BCUT2D eigenvalue weighted by molar-refractivity contribution is -0.141. The maximum Gasteiger partial charge on any atom is 0.435 e. The molecule has 0 bridgehead atoms. The lowest BCUT2D eigenvalue weighted by atomic mass is 10.1. The first-order chi connectivity index (χ1) is 13.5. The Kier molecular flexibility index (Phi) is 3.97. The molecule has 150 valence electrons. The summed E-state index contributed by atoms with van der Waals surface area (Å²) in [5.41, 5.74) is -4.44. The average Bonchev–Trinajstić information content (AvgIpc) is 3.02. The molecule has 0 N–H and O–H groups in total. The molecule has 0 atom stereocenters. The predicted octanol–water partition coefficient (Wildman–Crippen LogP) is 4.31. The van der Waals surface area contributed by atoms with E-state index in [0.29, 0.717) is 10.6 Å². The zero-order chi connectivity index (χ0) is 21.1. The van der Waals surface area contributed by atoms with Crippen LogP contribution in [-0.4, -0.2) is 19.1 Å². The molecule has 1 aromatic carbocycles. The Morgan fingerprint density at radius 2 is 1.69 bits per heavy atom. The summed E-state index contributed by atoms with van der Waals surface area (Å²) in [7, 11) is 1.53. The van der Waals surface area contributed by atoms with E-state index in [1.807, 2.05) is 0 Å². The molecule has 3 heterocycles. The van der Waals surface area contributed by atoms with E-state index in [0.717, 1.165) is 24.4 Å². The van der Waals surface area contributed by atoms with Crippen molar-refractivity contribution in [3.8, 4) is 5.69 Å². The fraction of sp³-hybridized carbons (Fsp3) is 0.167. The number of pyridine rings is 2. The molecule has 0 fully saturated rings. The smallest absolute Gasteiger partial charge is 0.333 e. The van der Waals surface area contributed by atoms with Crippen molar-refractivity contribution in [2.75, 3.05) is 0 Å². The molecule has 0 unspecified atom stereocenters. The van der Waals surface area contributed by atoms with E-state index in [1.165, 1.54) is 24.0 Å². The minimum absolute atomic E-state index is 0.143. The quantitative estimate of drug-likeness (QED) is 0.438. The second-order valence-corrected chi connectivity index (χ2v) is 6.29. The van der Waals surface area contributed by atoms with E-state index in [-0.39, 0.29) is 21.9 Å². The van der Waals surface area contributed by atoms with Crippen molar-refractivity contribution in [3.63, 3.8) is 0 Å². The van der Waals surface area contributed by atoms with Gasteiger partial charge in [-0.2, -0.15) is 26.3 Å². The highest BCUT2D eigenvalue weighted by atomic mass is 19.4. The van der Waals surface area contributed by atoms with Gasteiger partial charge >= 0.3 is 12.4 Å². The molecule has 3 aromatic heterocycles. The number of hydrogen-bond acceptors (Lipinski definition) is 3. The van der Waals surface area contributed by atoms with Crippen LogP contribution in [0.2, 0.25) is 0 Å². The highest BCUT2D eigenvalue weighted by molar-refractivity contribution is 6.03. The van der Waals surface area contributed by atoms with Crippen LogP contribution in [0, 0.1) is 0 Å². The minimum atomic E-state index is -4.93. The third-order valence-electron chi connectivity index (χ3n) is 4.46. The van der Waals surface area contributed by atoms with Gasteiger partial charge in [0.05, 0.1) is 28.6 Å². The summed E-state index contributed by atoms with van der Waals surface area (Å²) >= 11 is 0. The van der Waals surface area contributed by atoms with E-state index in [2.05, 4.69) is 9.97 Å². The van der Waals surface area contributed by atoms with Crippen LogP contribution >= 0.6 is 0 Å². The Morgan fingerprint density at radius 3 is 2.34 bits per heavy atom. The van der Waals surface area contributed by atoms with Gasteiger partial charge in [0.2, 0.25) is 0 Å². The number of benzene rings is 1. The fourth-order valence-corrected chi connectivity index (χ4v) is 3.25. The summed E-state index contributed by atoms with van der Waals surface area (Å²) in [6, 6.07) is 4.71. The molecule has 0 saturated carbocycles. The molecule has 0 aliphatic rings. The lowest BCUT2D eigenvalue weighted by Crippen LogP contribution is -2.24. The number of imidazole rings is 1. The summed E-state index contributed by atoms with van der Waals surface area (Å²) in [6.07, 6.45) is -7.53. The molecule has 0 saturated heterocycles. The first-order valence-electron chi connectivity index (χ1n) is 8.09. The minimum Gasteiger partial charge on any atom is -0.333 e. The van der Waals surface area contributed by atoms with Crippen molar-refractivity contribution in [2.24, 2.45) is 7.05 Å². The molecule has 0 spiro atoms. The molecular formula is C18H10F6N4O. The van der Waals surface area contributed by atoms with E-state index in [9.17, 15) is 31.1 Å². The second kappa shape index (κ2) is 6.06. The van der Waals surface area contributed by atoms with Crippen molar-refractivity contribution in [2.45, 2.75) is 12.4 Å². The molecule has 29 heavy (non-hydrogen) atoms. The Morgan fingerprint density at radius 1 is 0.966 bits per heavy atom. The maximum atomic E-state index is 13.5. The fourth-order valence-electron chi connectivity index (χ4n) is 3.25. The number of aryl methyl sites for hydroxylation is 1. The van der Waals surface area contributed by atoms with E-state index in [1.54, 1.807) is 0 Å². The maximum absolute atomic E-state index is 13.5. The van der Waals surface area contributed by atoms with Crippen LogP contribution in [0.15, 0.2) is 47.7 Å². The summed E-state index contributed by atoms with van der Waals surface area (Å²) in [4.78, 5) is 20.2. The largest absolute Gasteiger partial charge is 0.435 e. The second-order valence-electron chi connectivity index (χ2n) is 6.29. The molecule has 0 radical (unpaired) electrons. The highest BCUT2D eigenvalue weighted by Gasteiger charge is 2.37. The van der Waals surface area contributed by atoms with Gasteiger partial charge in [-0.3, -0.25) is 9.36 Å². The summed E-state index contributed by atoms with van der Waals surface area (Å²) < 4.78 is 82.2. The van der Waals surface area contributed by atoms with Gasteiger partial charge in [-0.15, -0.1) is 0 Å². The van der Waals surface area contributed by atoms with Crippen LogP contribution in [0.5, 0.6) is 0 Å². The first kappa shape index (κ1) is 19.0. The Bertz CT molecular complexity index is 1320. The number of aromatic nitrogens is 4. The van der Waals surface area contributed by atoms with Gasteiger partial charge in [-0.05, 0) is 24.3 Å². The Balaban J connectivity index is 2.25. The van der Waals surface area contributed by atoms with Gasteiger partial charge in [-0.25, -0.2) is 9.97 Å². The third-order valence-corrected chi connectivity index (χ3v) is 4.46. The van der Waals surface area contributed by atoms with Crippen LogP contribution in [-0.2, 0) is 19.4 Å². The highest BCUT2D eigenvalue weighted by Crippen LogP contribution is 2.36. The van der Waals surface area contributed by atoms with Crippen LogP contribution in [0.1, 0.15) is 11.3 Å².